The van der Waals surface area contributed by atoms with E-state index in [0.717, 1.165) is 52.0 Å². The molecule has 1 aliphatic heterocycles. The molecular formula is C22H24N4O3S2. The Morgan fingerprint density at radius 2 is 2.10 bits per heavy atom. The Hall–Kier alpha value is -2.49. The quantitative estimate of drug-likeness (QED) is 0.513. The Kier molecular flexibility index (Phi) is 7.16. The minimum Gasteiger partial charge on any atom is -0.497 e. The highest BCUT2D eigenvalue weighted by Gasteiger charge is 2.17. The first-order valence-corrected chi connectivity index (χ1v) is 11.9. The molecule has 31 heavy (non-hydrogen) atoms. The van der Waals surface area contributed by atoms with Crippen molar-refractivity contribution in [2.45, 2.75) is 30.9 Å². The van der Waals surface area contributed by atoms with Crippen molar-refractivity contribution < 1.29 is 14.3 Å². The third-order valence-corrected chi connectivity index (χ3v) is 7.06. The maximum Gasteiger partial charge on any atom is 0.230 e. The van der Waals surface area contributed by atoms with Crippen molar-refractivity contribution in [3.8, 4) is 26.9 Å². The summed E-state index contributed by atoms with van der Waals surface area (Å²) in [6, 6.07) is 11.7. The van der Waals surface area contributed by atoms with Crippen molar-refractivity contribution in [2.24, 2.45) is 0 Å². The van der Waals surface area contributed by atoms with Gasteiger partial charge in [0.05, 0.1) is 29.5 Å². The number of ether oxygens (including phenoxy) is 2. The van der Waals surface area contributed by atoms with Crippen molar-refractivity contribution in [1.29, 1.82) is 0 Å². The van der Waals surface area contributed by atoms with Gasteiger partial charge in [0.2, 0.25) is 5.91 Å². The smallest absolute Gasteiger partial charge is 0.230 e. The molecule has 4 rings (SSSR count). The van der Waals surface area contributed by atoms with E-state index in [0.29, 0.717) is 17.3 Å². The van der Waals surface area contributed by atoms with Gasteiger partial charge in [0.1, 0.15) is 21.5 Å². The number of thiazole rings is 1. The summed E-state index contributed by atoms with van der Waals surface area (Å²) >= 11 is 2.96. The Balaban J connectivity index is 1.35. The monoisotopic (exact) mass is 456 g/mol. The predicted octanol–water partition coefficient (Wildman–Crippen LogP) is 3.97. The normalized spacial score (nSPS) is 15.7. The molecule has 1 atom stereocenters. The number of nitrogens with one attached hydrogen (secondary N) is 1. The number of carbonyl (C=O) groups excluding carboxylic acids is 1. The van der Waals surface area contributed by atoms with Crippen LogP contribution in [0.4, 0.5) is 0 Å². The second-order valence-electron chi connectivity index (χ2n) is 7.15. The van der Waals surface area contributed by atoms with E-state index < -0.39 is 0 Å². The van der Waals surface area contributed by atoms with Crippen LogP contribution in [0.15, 0.2) is 41.4 Å². The molecule has 0 radical (unpaired) electrons. The predicted molar refractivity (Wildman–Crippen MR) is 123 cm³/mol. The average molecular weight is 457 g/mol. The summed E-state index contributed by atoms with van der Waals surface area (Å²) in [6.45, 7) is 3.34. The van der Waals surface area contributed by atoms with E-state index in [4.69, 9.17) is 9.47 Å². The van der Waals surface area contributed by atoms with Gasteiger partial charge in [-0.15, -0.1) is 21.5 Å². The number of methoxy groups -OCH3 is 1. The van der Waals surface area contributed by atoms with E-state index in [1.165, 1.54) is 11.8 Å². The van der Waals surface area contributed by atoms with Crippen LogP contribution in [0.5, 0.6) is 5.75 Å². The molecule has 0 unspecified atom stereocenters. The molecule has 2 aromatic heterocycles. The molecule has 162 valence electrons. The maximum absolute atomic E-state index is 12.0. The second-order valence-corrected chi connectivity index (χ2v) is 9.14. The van der Waals surface area contributed by atoms with Gasteiger partial charge in [0, 0.05) is 18.7 Å². The van der Waals surface area contributed by atoms with Gasteiger partial charge in [-0.2, -0.15) is 0 Å². The van der Waals surface area contributed by atoms with E-state index >= 15 is 0 Å². The molecule has 1 saturated heterocycles. The van der Waals surface area contributed by atoms with Crippen LogP contribution >= 0.6 is 23.1 Å². The maximum atomic E-state index is 12.0. The molecule has 0 aliphatic carbocycles. The summed E-state index contributed by atoms with van der Waals surface area (Å²) in [6.07, 6.45) is 2.23. The first-order chi connectivity index (χ1) is 15.1. The van der Waals surface area contributed by atoms with Crippen LogP contribution in [0.25, 0.3) is 21.1 Å². The number of aryl methyl sites for hydroxylation is 1. The molecule has 1 N–H and O–H groups in total. The van der Waals surface area contributed by atoms with E-state index in [1.807, 2.05) is 43.3 Å². The van der Waals surface area contributed by atoms with Gasteiger partial charge in [-0.1, -0.05) is 11.8 Å². The molecular weight excluding hydrogens is 432 g/mol. The number of amides is 1. The Bertz CT molecular complexity index is 1020. The van der Waals surface area contributed by atoms with Crippen LogP contribution in [0.1, 0.15) is 18.5 Å². The second kappa shape index (κ2) is 10.2. The lowest BCUT2D eigenvalue weighted by Crippen LogP contribution is -2.32. The molecule has 3 aromatic rings. The highest BCUT2D eigenvalue weighted by Crippen LogP contribution is 2.35. The number of thioether (sulfide) groups is 1. The van der Waals surface area contributed by atoms with E-state index in [2.05, 4.69) is 20.5 Å². The Labute approximate surface area is 189 Å². The molecule has 9 heteroatoms. The van der Waals surface area contributed by atoms with Crippen molar-refractivity contribution >= 4 is 29.0 Å². The summed E-state index contributed by atoms with van der Waals surface area (Å²) < 4.78 is 10.7. The van der Waals surface area contributed by atoms with Crippen LogP contribution in [0.3, 0.4) is 0 Å². The third-order valence-electron chi connectivity index (χ3n) is 4.91. The van der Waals surface area contributed by atoms with Gasteiger partial charge in [-0.3, -0.25) is 4.79 Å². The average Bonchev–Trinajstić information content (AvgIpc) is 3.46. The zero-order valence-corrected chi connectivity index (χ0v) is 19.1. The van der Waals surface area contributed by atoms with Crippen molar-refractivity contribution in [3.05, 3.63) is 42.1 Å². The van der Waals surface area contributed by atoms with Gasteiger partial charge in [0.25, 0.3) is 0 Å². The zero-order chi connectivity index (χ0) is 21.6. The fourth-order valence-corrected chi connectivity index (χ4v) is 4.91. The molecule has 0 bridgehead atoms. The van der Waals surface area contributed by atoms with E-state index in [1.54, 1.807) is 18.4 Å². The number of carbonyl (C=O) groups is 1. The lowest BCUT2D eigenvalue weighted by molar-refractivity contribution is -0.119. The van der Waals surface area contributed by atoms with Crippen molar-refractivity contribution in [2.75, 3.05) is 26.0 Å². The minimum atomic E-state index is -0.0196. The van der Waals surface area contributed by atoms with E-state index in [-0.39, 0.29) is 12.0 Å². The number of hydrogen-bond donors (Lipinski definition) is 1. The summed E-state index contributed by atoms with van der Waals surface area (Å²) in [5.41, 5.74) is 2.73. The van der Waals surface area contributed by atoms with Gasteiger partial charge in [0.15, 0.2) is 0 Å². The van der Waals surface area contributed by atoms with Gasteiger partial charge in [-0.05, 0) is 56.2 Å². The number of hydrogen-bond acceptors (Lipinski definition) is 8. The Morgan fingerprint density at radius 3 is 2.77 bits per heavy atom. The van der Waals surface area contributed by atoms with Crippen LogP contribution in [-0.2, 0) is 9.53 Å². The third kappa shape index (κ3) is 5.61. The Morgan fingerprint density at radius 1 is 1.26 bits per heavy atom. The van der Waals surface area contributed by atoms with Crippen LogP contribution in [0, 0.1) is 6.92 Å². The highest BCUT2D eigenvalue weighted by molar-refractivity contribution is 7.99. The van der Waals surface area contributed by atoms with Gasteiger partial charge in [-0.25, -0.2) is 4.98 Å². The van der Waals surface area contributed by atoms with Crippen LogP contribution in [0.2, 0.25) is 0 Å². The van der Waals surface area contributed by atoms with Crippen molar-refractivity contribution in [1.82, 2.24) is 20.5 Å². The molecule has 0 saturated carbocycles. The molecule has 3 heterocycles. The molecule has 1 fully saturated rings. The summed E-state index contributed by atoms with van der Waals surface area (Å²) in [5.74, 6) is 1.10. The molecule has 1 amide bonds. The zero-order valence-electron chi connectivity index (χ0n) is 17.5. The standard InChI is InChI=1S/C22H24N4O3S2/c1-14-21(31-22(24-14)15-5-7-16(28-2)8-6-15)18-9-10-20(26-25-18)30-13-19(27)23-12-17-4-3-11-29-17/h5-10,17H,3-4,11-13H2,1-2H3,(H,23,27)/t17-/m1/s1. The number of benzene rings is 1. The van der Waals surface area contributed by atoms with Gasteiger partial charge < -0.3 is 14.8 Å². The first kappa shape index (κ1) is 21.7. The van der Waals surface area contributed by atoms with Crippen LogP contribution in [-0.4, -0.2) is 53.2 Å². The lowest BCUT2D eigenvalue weighted by atomic mass is 10.2. The largest absolute Gasteiger partial charge is 0.497 e. The van der Waals surface area contributed by atoms with Gasteiger partial charge >= 0.3 is 0 Å². The lowest BCUT2D eigenvalue weighted by Gasteiger charge is -2.10. The molecule has 1 aromatic carbocycles. The van der Waals surface area contributed by atoms with Crippen molar-refractivity contribution in [3.63, 3.8) is 0 Å². The summed E-state index contributed by atoms with van der Waals surface area (Å²) in [7, 11) is 1.65. The fraction of sp³-hybridized carbons (Fsp3) is 0.364. The minimum absolute atomic E-state index is 0.0196. The summed E-state index contributed by atoms with van der Waals surface area (Å²) in [5, 5.41) is 13.2. The number of rotatable bonds is 8. The molecule has 0 spiro atoms. The summed E-state index contributed by atoms with van der Waals surface area (Å²) in [4.78, 5) is 17.7. The number of nitrogens with zero attached hydrogens (tertiary/aromatic N) is 3. The fourth-order valence-electron chi connectivity index (χ4n) is 3.23. The molecule has 7 nitrogen and oxygen atoms in total. The number of aromatic nitrogens is 3. The highest BCUT2D eigenvalue weighted by atomic mass is 32.2. The molecule has 1 aliphatic rings. The van der Waals surface area contributed by atoms with E-state index in [9.17, 15) is 4.79 Å². The first-order valence-electron chi connectivity index (χ1n) is 10.1. The van der Waals surface area contributed by atoms with Crippen LogP contribution < -0.4 is 10.1 Å². The SMILES string of the molecule is COc1ccc(-c2nc(C)c(-c3ccc(SCC(=O)NC[C@H]4CCCO4)nn3)s2)cc1. The topological polar surface area (TPSA) is 86.2 Å².